The third-order valence-corrected chi connectivity index (χ3v) is 1.99. The van der Waals surface area contributed by atoms with E-state index < -0.39 is 18.4 Å². The number of nitrogens with two attached hydrogens (primary N) is 2. The first-order valence-electron chi connectivity index (χ1n) is 3.49. The van der Waals surface area contributed by atoms with Crippen molar-refractivity contribution in [2.45, 2.75) is 6.35 Å². The lowest BCUT2D eigenvalue weighted by molar-refractivity contribution is -0.0155. The number of amides is 4. The van der Waals surface area contributed by atoms with Crippen molar-refractivity contribution in [3.63, 3.8) is 0 Å². The first-order chi connectivity index (χ1) is 5.91. The van der Waals surface area contributed by atoms with Crippen LogP contribution in [0.3, 0.4) is 0 Å². The van der Waals surface area contributed by atoms with Gasteiger partial charge in [0, 0.05) is 14.1 Å². The lowest BCUT2D eigenvalue weighted by atomic mass is 10.6. The molecule has 0 aromatic rings. The molecule has 0 aromatic carbocycles. The van der Waals surface area contributed by atoms with Gasteiger partial charge in [0.05, 0.1) is 0 Å². The number of carbonyl (C=O) groups excluding carboxylic acids is 2. The second kappa shape index (κ2) is 4.67. The van der Waals surface area contributed by atoms with Crippen LogP contribution in [0.2, 0.25) is 0 Å². The van der Waals surface area contributed by atoms with Crippen molar-refractivity contribution >= 4 is 22.5 Å². The monoisotopic (exact) mass is 206 g/mol. The number of nitrogens with zero attached hydrogens (tertiary/aromatic N) is 2. The molecule has 0 heterocycles. The van der Waals surface area contributed by atoms with Crippen LogP contribution in [0, 0.1) is 0 Å². The normalized spacial score (nSPS) is 10.1. The molecule has 4 N–H and O–H groups in total. The second-order valence-electron chi connectivity index (χ2n) is 2.46. The highest BCUT2D eigenvalue weighted by Crippen LogP contribution is 2.01. The Morgan fingerprint density at radius 1 is 1.23 bits per heavy atom. The summed E-state index contributed by atoms with van der Waals surface area (Å²) in [6.07, 6.45) is -0.818. The molecule has 0 unspecified atom stereocenters. The maximum atomic E-state index is 10.7. The molecule has 0 rings (SSSR count). The van der Waals surface area contributed by atoms with Crippen molar-refractivity contribution in [1.29, 1.82) is 0 Å². The van der Waals surface area contributed by atoms with Crippen LogP contribution < -0.4 is 11.5 Å². The van der Waals surface area contributed by atoms with Gasteiger partial charge in [0.1, 0.15) is 0 Å². The molecule has 0 fully saturated rings. The van der Waals surface area contributed by atoms with Crippen LogP contribution in [0.4, 0.5) is 9.59 Å². The van der Waals surface area contributed by atoms with Crippen molar-refractivity contribution in [3.05, 3.63) is 0 Å². The van der Waals surface area contributed by atoms with E-state index in [0.29, 0.717) is 10.5 Å². The smallest absolute Gasteiger partial charge is 0.317 e. The first kappa shape index (κ1) is 11.7. The number of urea groups is 2. The largest absolute Gasteiger partial charge is 0.393 e. The summed E-state index contributed by atoms with van der Waals surface area (Å²) in [6.45, 7) is 0. The first-order valence-corrected chi connectivity index (χ1v) is 4.30. The molecule has 0 aliphatic heterocycles. The predicted molar refractivity (Wildman–Crippen MR) is 49.5 cm³/mol. The quantitative estimate of drug-likeness (QED) is 0.397. The van der Waals surface area contributed by atoms with E-state index in [1.807, 2.05) is 0 Å². The molecule has 0 atom stereocenters. The number of primary amides is 2. The molecule has 0 radical (unpaired) electrons. The van der Waals surface area contributed by atoms with Gasteiger partial charge in [0.2, 0.25) is 6.35 Å². The molecule has 0 aromatic heterocycles. The van der Waals surface area contributed by atoms with E-state index in [2.05, 4.69) is 0 Å². The summed E-state index contributed by atoms with van der Waals surface area (Å²) in [5, 5.41) is 0. The van der Waals surface area contributed by atoms with Gasteiger partial charge in [-0.2, -0.15) is 0 Å². The topological polar surface area (TPSA) is 102 Å². The van der Waals surface area contributed by atoms with Crippen LogP contribution in [-0.2, 0) is 4.43 Å². The molecule has 0 aliphatic rings. The molecule has 0 saturated carbocycles. The Bertz CT molecular complexity index is 192. The van der Waals surface area contributed by atoms with Crippen LogP contribution in [0.25, 0.3) is 0 Å². The van der Waals surface area contributed by atoms with E-state index >= 15 is 0 Å². The summed E-state index contributed by atoms with van der Waals surface area (Å²) in [7, 11) is 3.20. The molecule has 0 bridgehead atoms. The van der Waals surface area contributed by atoms with Crippen LogP contribution >= 0.6 is 0 Å². The summed E-state index contributed by atoms with van der Waals surface area (Å²) < 4.78 is 4.99. The van der Waals surface area contributed by atoms with Crippen molar-refractivity contribution < 1.29 is 14.0 Å². The van der Waals surface area contributed by atoms with E-state index in [4.69, 9.17) is 15.9 Å². The Morgan fingerprint density at radius 3 is 1.69 bits per heavy atom. The molecule has 8 heteroatoms. The summed E-state index contributed by atoms with van der Waals surface area (Å²) in [6, 6.07) is -1.37. The molecular formula is C5H14N4O3Si. The number of hydrogen-bond acceptors (Lipinski definition) is 3. The molecule has 0 saturated heterocycles. The predicted octanol–water partition coefficient (Wildman–Crippen LogP) is -2.41. The van der Waals surface area contributed by atoms with Gasteiger partial charge < -0.3 is 15.9 Å². The Labute approximate surface area is 79.1 Å². The van der Waals surface area contributed by atoms with Gasteiger partial charge >= 0.3 is 12.1 Å². The molecule has 0 spiro atoms. The van der Waals surface area contributed by atoms with Crippen molar-refractivity contribution in [1.82, 2.24) is 9.80 Å². The van der Waals surface area contributed by atoms with Crippen LogP contribution in [0.15, 0.2) is 0 Å². The minimum absolute atomic E-state index is 0.361. The van der Waals surface area contributed by atoms with Crippen LogP contribution in [-0.4, -0.2) is 52.8 Å². The van der Waals surface area contributed by atoms with E-state index in [9.17, 15) is 9.59 Å². The van der Waals surface area contributed by atoms with Crippen LogP contribution in [0.1, 0.15) is 0 Å². The van der Waals surface area contributed by atoms with Gasteiger partial charge in [0.25, 0.3) is 0 Å². The lowest BCUT2D eigenvalue weighted by Gasteiger charge is -2.32. The molecule has 4 amide bonds. The maximum Gasteiger partial charge on any atom is 0.317 e. The number of rotatable bonds is 3. The average Bonchev–Trinajstić information content (AvgIpc) is 2.04. The molecular weight excluding hydrogens is 192 g/mol. The fourth-order valence-electron chi connectivity index (χ4n) is 0.794. The van der Waals surface area contributed by atoms with Crippen LogP contribution in [0.5, 0.6) is 0 Å². The molecule has 0 aliphatic carbocycles. The van der Waals surface area contributed by atoms with E-state index in [0.717, 1.165) is 9.80 Å². The Kier molecular flexibility index (Phi) is 4.21. The van der Waals surface area contributed by atoms with Gasteiger partial charge in [-0.15, -0.1) is 0 Å². The summed E-state index contributed by atoms with van der Waals surface area (Å²) in [4.78, 5) is 23.6. The molecule has 76 valence electrons. The molecule has 7 nitrogen and oxygen atoms in total. The highest BCUT2D eigenvalue weighted by atomic mass is 28.2. The third kappa shape index (κ3) is 2.91. The second-order valence-corrected chi connectivity index (χ2v) is 2.93. The van der Waals surface area contributed by atoms with E-state index in [1.165, 1.54) is 14.1 Å². The van der Waals surface area contributed by atoms with E-state index in [-0.39, 0.29) is 0 Å². The van der Waals surface area contributed by atoms with Gasteiger partial charge in [-0.1, -0.05) is 0 Å². The Morgan fingerprint density at radius 2 is 1.54 bits per heavy atom. The summed E-state index contributed by atoms with van der Waals surface area (Å²) >= 11 is 0. The minimum atomic E-state index is -0.818. The van der Waals surface area contributed by atoms with Crippen molar-refractivity contribution in [3.8, 4) is 0 Å². The van der Waals surface area contributed by atoms with Gasteiger partial charge in [-0.25, -0.2) is 9.59 Å². The van der Waals surface area contributed by atoms with Gasteiger partial charge in [-0.3, -0.25) is 9.80 Å². The third-order valence-electron chi connectivity index (χ3n) is 1.57. The average molecular weight is 206 g/mol. The SMILES string of the molecule is CN(C(N)=O)C(O[SiH3])N(C)C(N)=O. The van der Waals surface area contributed by atoms with E-state index in [1.54, 1.807) is 0 Å². The highest BCUT2D eigenvalue weighted by Gasteiger charge is 2.23. The zero-order valence-corrected chi connectivity index (χ0v) is 9.85. The zero-order valence-electron chi connectivity index (χ0n) is 7.85. The number of hydrogen-bond donors (Lipinski definition) is 2. The standard InChI is InChI=1S/C5H14N4O3Si/c1-8(3(6)10)5(12-13)9(2)4(7)11/h5H,1-2,13H3,(H2,6,10)(H2,7,11). The van der Waals surface area contributed by atoms with Crippen molar-refractivity contribution in [2.24, 2.45) is 11.5 Å². The van der Waals surface area contributed by atoms with Crippen molar-refractivity contribution in [2.75, 3.05) is 14.1 Å². The summed E-state index contributed by atoms with van der Waals surface area (Å²) in [5.41, 5.74) is 9.99. The lowest BCUT2D eigenvalue weighted by Crippen LogP contribution is -2.54. The fraction of sp³-hybridized carbons (Fsp3) is 0.600. The summed E-state index contributed by atoms with van der Waals surface area (Å²) in [5.74, 6) is 0. The van der Waals surface area contributed by atoms with Gasteiger partial charge in [0.15, 0.2) is 10.5 Å². The molecule has 13 heavy (non-hydrogen) atoms. The Balaban J connectivity index is 4.49. The van der Waals surface area contributed by atoms with Gasteiger partial charge in [-0.05, 0) is 0 Å². The minimum Gasteiger partial charge on any atom is -0.393 e. The number of carbonyl (C=O) groups is 2. The fourth-order valence-corrected chi connectivity index (χ4v) is 1.43. The highest BCUT2D eigenvalue weighted by molar-refractivity contribution is 5.98. The zero-order chi connectivity index (χ0) is 10.6. The maximum absolute atomic E-state index is 10.7. The Hall–Kier alpha value is -1.28.